The van der Waals surface area contributed by atoms with Gasteiger partial charge in [0.1, 0.15) is 0 Å². The molecule has 0 N–H and O–H groups in total. The van der Waals surface area contributed by atoms with Gasteiger partial charge >= 0.3 is 0 Å². The van der Waals surface area contributed by atoms with E-state index in [1.54, 1.807) is 0 Å². The summed E-state index contributed by atoms with van der Waals surface area (Å²) in [5.41, 5.74) is 0. The molecule has 46 valence electrons. The Balaban J connectivity index is 2.30. The van der Waals surface area contributed by atoms with Crippen LogP contribution in [0.2, 0.25) is 0 Å². The highest BCUT2D eigenvalue weighted by Crippen LogP contribution is 2.15. The Hall–Kier alpha value is 0.755. The number of rotatable bonds is 1. The smallest absolute Gasteiger partial charge is 0.185 e. The average Bonchev–Trinajstić information content (AvgIpc) is 2.14. The van der Waals surface area contributed by atoms with Crippen LogP contribution in [0.1, 0.15) is 12.8 Å². The molecule has 0 aromatic rings. The van der Waals surface area contributed by atoms with Crippen LogP contribution in [0.15, 0.2) is 0 Å². The Bertz CT molecular complexity index is 78.8. The molecule has 0 radical (unpaired) electrons. The SMILES string of the molecule is BN1CCC[C@H]1CI. The summed E-state index contributed by atoms with van der Waals surface area (Å²) in [6.07, 6.45) is 2.82. The van der Waals surface area contributed by atoms with Crippen molar-refractivity contribution >= 4 is 30.6 Å². The van der Waals surface area contributed by atoms with E-state index >= 15 is 0 Å². The summed E-state index contributed by atoms with van der Waals surface area (Å²) in [5.74, 6) is 0. The molecule has 3 heteroatoms. The van der Waals surface area contributed by atoms with Crippen molar-refractivity contribution in [1.82, 2.24) is 4.81 Å². The number of hydrogen-bond donors (Lipinski definition) is 0. The second-order valence-corrected chi connectivity index (χ2v) is 3.31. The Morgan fingerprint density at radius 3 is 2.75 bits per heavy atom. The van der Waals surface area contributed by atoms with Gasteiger partial charge in [-0.15, -0.1) is 0 Å². The van der Waals surface area contributed by atoms with Crippen LogP contribution < -0.4 is 0 Å². The second-order valence-electron chi connectivity index (χ2n) is 2.43. The van der Waals surface area contributed by atoms with Crippen molar-refractivity contribution in [2.45, 2.75) is 18.9 Å². The van der Waals surface area contributed by atoms with E-state index in [2.05, 4.69) is 35.4 Å². The number of halogens is 1. The lowest BCUT2D eigenvalue weighted by Gasteiger charge is -2.15. The zero-order valence-corrected chi connectivity index (χ0v) is 7.39. The maximum atomic E-state index is 2.46. The summed E-state index contributed by atoms with van der Waals surface area (Å²) < 4.78 is 1.30. The van der Waals surface area contributed by atoms with E-state index in [9.17, 15) is 0 Å². The van der Waals surface area contributed by atoms with Crippen LogP contribution in [-0.4, -0.2) is 29.8 Å². The first kappa shape index (κ1) is 6.87. The van der Waals surface area contributed by atoms with Gasteiger partial charge < -0.3 is 4.81 Å². The molecule has 8 heavy (non-hydrogen) atoms. The van der Waals surface area contributed by atoms with Crippen LogP contribution in [0, 0.1) is 0 Å². The van der Waals surface area contributed by atoms with Crippen molar-refractivity contribution in [2.24, 2.45) is 0 Å². The topological polar surface area (TPSA) is 3.24 Å². The predicted octanol–water partition coefficient (Wildman–Crippen LogP) is 0.434. The van der Waals surface area contributed by atoms with Crippen LogP contribution in [0.5, 0.6) is 0 Å². The predicted molar refractivity (Wildman–Crippen MR) is 47.2 cm³/mol. The highest BCUT2D eigenvalue weighted by Gasteiger charge is 2.17. The molecular weight excluding hydrogens is 212 g/mol. The first-order chi connectivity index (χ1) is 3.84. The van der Waals surface area contributed by atoms with E-state index in [1.807, 2.05) is 0 Å². The molecule has 0 bridgehead atoms. The molecular formula is C5H11BIN. The van der Waals surface area contributed by atoms with E-state index < -0.39 is 0 Å². The number of nitrogens with zero attached hydrogens (tertiary/aromatic N) is 1. The summed E-state index contributed by atoms with van der Waals surface area (Å²) in [6, 6.07) is 0.885. The zero-order chi connectivity index (χ0) is 5.98. The third kappa shape index (κ3) is 1.38. The molecule has 0 aromatic carbocycles. The molecule has 0 unspecified atom stereocenters. The fourth-order valence-corrected chi connectivity index (χ4v) is 2.29. The normalized spacial score (nSPS) is 31.4. The molecule has 1 aliphatic rings. The first-order valence-electron chi connectivity index (χ1n) is 3.11. The third-order valence-electron chi connectivity index (χ3n) is 1.85. The van der Waals surface area contributed by atoms with Gasteiger partial charge in [-0.2, -0.15) is 0 Å². The standard InChI is InChI=1S/C5H11BIN/c6-8-3-1-2-5(8)4-7/h5H,1-4,6H2/t5-/m0/s1. The Morgan fingerprint density at radius 2 is 2.50 bits per heavy atom. The van der Waals surface area contributed by atoms with Crippen molar-refractivity contribution in [2.75, 3.05) is 11.0 Å². The molecule has 0 aromatic heterocycles. The minimum atomic E-state index is 0.885. The van der Waals surface area contributed by atoms with Crippen molar-refractivity contribution in [3.8, 4) is 0 Å². The monoisotopic (exact) mass is 223 g/mol. The molecule has 0 spiro atoms. The van der Waals surface area contributed by atoms with Gasteiger partial charge in [-0.3, -0.25) is 0 Å². The largest absolute Gasteiger partial charge is 0.346 e. The van der Waals surface area contributed by atoms with Gasteiger partial charge in [-0.05, 0) is 19.4 Å². The fraction of sp³-hybridized carbons (Fsp3) is 1.00. The van der Waals surface area contributed by atoms with Crippen molar-refractivity contribution < 1.29 is 0 Å². The Morgan fingerprint density at radius 1 is 1.75 bits per heavy atom. The van der Waals surface area contributed by atoms with Gasteiger partial charge in [0.05, 0.1) is 0 Å². The zero-order valence-electron chi connectivity index (χ0n) is 5.23. The number of hydrogen-bond acceptors (Lipinski definition) is 1. The van der Waals surface area contributed by atoms with Gasteiger partial charge in [0, 0.05) is 10.5 Å². The molecule has 1 saturated heterocycles. The van der Waals surface area contributed by atoms with Crippen molar-refractivity contribution in [3.63, 3.8) is 0 Å². The minimum absolute atomic E-state index is 0.885. The minimum Gasteiger partial charge on any atom is -0.346 e. The van der Waals surface area contributed by atoms with E-state index in [0.29, 0.717) is 0 Å². The molecule has 0 saturated carbocycles. The van der Waals surface area contributed by atoms with Crippen LogP contribution in [0.3, 0.4) is 0 Å². The van der Waals surface area contributed by atoms with Gasteiger partial charge in [0.2, 0.25) is 0 Å². The van der Waals surface area contributed by atoms with Crippen LogP contribution in [0.4, 0.5) is 0 Å². The molecule has 1 heterocycles. The summed E-state index contributed by atoms with van der Waals surface area (Å²) in [6.45, 7) is 1.31. The van der Waals surface area contributed by atoms with E-state index in [0.717, 1.165) is 6.04 Å². The van der Waals surface area contributed by atoms with E-state index in [4.69, 9.17) is 0 Å². The van der Waals surface area contributed by atoms with Crippen molar-refractivity contribution in [1.29, 1.82) is 0 Å². The Kier molecular flexibility index (Phi) is 2.63. The maximum absolute atomic E-state index is 2.46. The second kappa shape index (κ2) is 3.06. The quantitative estimate of drug-likeness (QED) is 0.354. The molecule has 1 fully saturated rings. The van der Waals surface area contributed by atoms with Gasteiger partial charge in [-0.1, -0.05) is 22.6 Å². The lowest BCUT2D eigenvalue weighted by Crippen LogP contribution is -2.27. The highest BCUT2D eigenvalue weighted by molar-refractivity contribution is 14.1. The van der Waals surface area contributed by atoms with Gasteiger partial charge in [0.25, 0.3) is 0 Å². The molecule has 1 nitrogen and oxygen atoms in total. The van der Waals surface area contributed by atoms with Gasteiger partial charge in [-0.25, -0.2) is 0 Å². The number of alkyl halides is 1. The van der Waals surface area contributed by atoms with E-state index in [-0.39, 0.29) is 0 Å². The Labute approximate surface area is 65.4 Å². The van der Waals surface area contributed by atoms with Crippen LogP contribution in [0.25, 0.3) is 0 Å². The van der Waals surface area contributed by atoms with Crippen molar-refractivity contribution in [3.05, 3.63) is 0 Å². The van der Waals surface area contributed by atoms with Crippen LogP contribution in [-0.2, 0) is 0 Å². The summed E-state index contributed by atoms with van der Waals surface area (Å²) in [5, 5.41) is 0. The maximum Gasteiger partial charge on any atom is 0.185 e. The molecule has 0 amide bonds. The lowest BCUT2D eigenvalue weighted by atomic mass is 10.2. The molecule has 0 aliphatic carbocycles. The average molecular weight is 223 g/mol. The summed E-state index contributed by atoms with van der Waals surface area (Å²) in [7, 11) is 2.22. The van der Waals surface area contributed by atoms with Crippen LogP contribution >= 0.6 is 22.6 Å². The lowest BCUT2D eigenvalue weighted by molar-refractivity contribution is 0.460. The molecule has 1 rings (SSSR count). The molecule has 1 atom stereocenters. The summed E-state index contributed by atoms with van der Waals surface area (Å²) in [4.78, 5) is 2.45. The highest BCUT2D eigenvalue weighted by atomic mass is 127. The first-order valence-corrected chi connectivity index (χ1v) is 4.63. The van der Waals surface area contributed by atoms with E-state index in [1.165, 1.54) is 23.8 Å². The third-order valence-corrected chi connectivity index (χ3v) is 2.87. The summed E-state index contributed by atoms with van der Waals surface area (Å²) >= 11 is 2.46. The fourth-order valence-electron chi connectivity index (χ4n) is 1.17. The molecule has 1 aliphatic heterocycles. The van der Waals surface area contributed by atoms with Gasteiger partial charge in [0.15, 0.2) is 7.98 Å².